The molecule has 7 rings (SSSR count). The van der Waals surface area contributed by atoms with Gasteiger partial charge in [-0.05, 0) is 67.4 Å². The first-order chi connectivity index (χ1) is 22.2. The number of nitrogens with zero attached hydrogens (tertiary/aromatic N) is 3. The average molecular weight is 636 g/mol. The van der Waals surface area contributed by atoms with Crippen molar-refractivity contribution in [2.24, 2.45) is 5.41 Å². The van der Waals surface area contributed by atoms with E-state index in [0.29, 0.717) is 39.7 Å². The first kappa shape index (κ1) is 29.6. The number of fused-ring (bicyclic) bond motifs is 5. The molecule has 0 unspecified atom stereocenters. The maximum Gasteiger partial charge on any atom is 0.318 e. The molecule has 0 N–H and O–H groups in total. The van der Waals surface area contributed by atoms with Crippen LogP contribution < -0.4 is 13.8 Å². The van der Waals surface area contributed by atoms with Crippen LogP contribution >= 0.6 is 0 Å². The van der Waals surface area contributed by atoms with Gasteiger partial charge in [0.05, 0.1) is 42.7 Å². The molecule has 5 aromatic rings. The van der Waals surface area contributed by atoms with Gasteiger partial charge in [-0.3, -0.25) is 9.10 Å². The van der Waals surface area contributed by atoms with Crippen molar-refractivity contribution in [2.75, 3.05) is 25.1 Å². The van der Waals surface area contributed by atoms with E-state index in [2.05, 4.69) is 0 Å². The number of hydrogen-bond donors (Lipinski definition) is 0. The van der Waals surface area contributed by atoms with Crippen molar-refractivity contribution < 1.29 is 27.4 Å². The largest absolute Gasteiger partial charge is 0.497 e. The molecule has 3 atom stereocenters. The Hall–Kier alpha value is -5.09. The summed E-state index contributed by atoms with van der Waals surface area (Å²) in [6.45, 7) is 3.55. The van der Waals surface area contributed by atoms with E-state index in [4.69, 9.17) is 19.3 Å². The molecular formula is C36H33N3O6S. The third-order valence-electron chi connectivity index (χ3n) is 9.08. The minimum absolute atomic E-state index is 0.123. The number of rotatable bonds is 6. The molecule has 0 bridgehead atoms. The molecule has 0 aliphatic carbocycles. The Balaban J connectivity index is 1.55. The van der Waals surface area contributed by atoms with Gasteiger partial charge in [-0.15, -0.1) is 0 Å². The van der Waals surface area contributed by atoms with Gasteiger partial charge in [-0.25, -0.2) is 13.1 Å². The van der Waals surface area contributed by atoms with E-state index >= 15 is 0 Å². The third-order valence-corrected chi connectivity index (χ3v) is 10.9. The van der Waals surface area contributed by atoms with Gasteiger partial charge in [-0.1, -0.05) is 66.2 Å². The lowest BCUT2D eigenvalue weighted by Gasteiger charge is -2.52. The van der Waals surface area contributed by atoms with Crippen molar-refractivity contribution in [2.45, 2.75) is 30.8 Å². The number of aryl methyl sites for hydroxylation is 2. The van der Waals surface area contributed by atoms with Crippen molar-refractivity contribution in [3.05, 3.63) is 131 Å². The quantitative estimate of drug-likeness (QED) is 0.207. The fourth-order valence-electron chi connectivity index (χ4n) is 6.90. The predicted octanol–water partition coefficient (Wildman–Crippen LogP) is 6.13. The van der Waals surface area contributed by atoms with Crippen molar-refractivity contribution in [3.63, 3.8) is 0 Å². The second-order valence-electron chi connectivity index (χ2n) is 11.7. The lowest BCUT2D eigenvalue weighted by molar-refractivity contribution is -0.162. The molecule has 46 heavy (non-hydrogen) atoms. The molecule has 0 fully saturated rings. The van der Waals surface area contributed by atoms with Gasteiger partial charge in [0.2, 0.25) is 5.88 Å². The summed E-state index contributed by atoms with van der Waals surface area (Å²) in [5.41, 5.74) is 3.36. The van der Waals surface area contributed by atoms with Crippen LogP contribution in [0.3, 0.4) is 0 Å². The Morgan fingerprint density at radius 2 is 1.57 bits per heavy atom. The highest BCUT2D eigenvalue weighted by atomic mass is 32.2. The molecule has 0 amide bonds. The molecular weight excluding hydrogens is 602 g/mol. The topological polar surface area (TPSA) is 100.0 Å². The second-order valence-corrected chi connectivity index (χ2v) is 13.5. The number of methoxy groups -OCH3 is 2. The number of anilines is 1. The minimum Gasteiger partial charge on any atom is -0.497 e. The SMILES string of the molecule is COC(=O)[C@]12CN(S(=O)(=O)c3ccc(C)cc3)c3ccccc3[C@H]1c1c(C)nn(-c3ccccc3)c1O[C@H]2c1ccc(OC)cc1. The summed E-state index contributed by atoms with van der Waals surface area (Å²) in [4.78, 5) is 14.6. The molecule has 4 aromatic carbocycles. The molecule has 234 valence electrons. The molecule has 9 nitrogen and oxygen atoms in total. The van der Waals surface area contributed by atoms with Crippen molar-refractivity contribution in [1.82, 2.24) is 9.78 Å². The van der Waals surface area contributed by atoms with Crippen LogP contribution in [0.15, 0.2) is 108 Å². The number of esters is 1. The number of aromatic nitrogens is 2. The highest BCUT2D eigenvalue weighted by Gasteiger charge is 2.64. The zero-order valence-corrected chi connectivity index (χ0v) is 26.7. The van der Waals surface area contributed by atoms with Gasteiger partial charge in [0.25, 0.3) is 10.0 Å². The van der Waals surface area contributed by atoms with Gasteiger partial charge >= 0.3 is 5.97 Å². The maximum atomic E-state index is 14.5. The number of sulfonamides is 1. The first-order valence-corrected chi connectivity index (χ1v) is 16.4. The van der Waals surface area contributed by atoms with E-state index in [1.54, 1.807) is 54.3 Å². The summed E-state index contributed by atoms with van der Waals surface area (Å²) in [5.74, 6) is -0.131. The van der Waals surface area contributed by atoms with E-state index in [0.717, 1.165) is 11.3 Å². The van der Waals surface area contributed by atoms with Gasteiger partial charge < -0.3 is 14.2 Å². The molecule has 2 aliphatic rings. The van der Waals surface area contributed by atoms with Gasteiger partial charge in [0.15, 0.2) is 0 Å². The Labute approximate surface area is 268 Å². The predicted molar refractivity (Wildman–Crippen MR) is 173 cm³/mol. The second kappa shape index (κ2) is 11.1. The number of para-hydroxylation sites is 2. The number of carbonyl (C=O) groups excluding carboxylic acids is 1. The summed E-state index contributed by atoms with van der Waals surface area (Å²) in [6.07, 6.45) is -0.967. The first-order valence-electron chi connectivity index (χ1n) is 14.9. The molecule has 0 radical (unpaired) electrons. The van der Waals surface area contributed by atoms with Crippen LogP contribution in [-0.4, -0.2) is 44.9 Å². The molecule has 0 spiro atoms. The van der Waals surface area contributed by atoms with E-state index < -0.39 is 33.4 Å². The normalized spacial score (nSPS) is 20.1. The molecule has 1 aromatic heterocycles. The molecule has 2 aliphatic heterocycles. The van der Waals surface area contributed by atoms with Gasteiger partial charge in [0, 0.05) is 11.5 Å². The maximum absolute atomic E-state index is 14.5. The van der Waals surface area contributed by atoms with Crippen LogP contribution in [0.25, 0.3) is 5.69 Å². The Morgan fingerprint density at radius 1 is 0.891 bits per heavy atom. The lowest BCUT2D eigenvalue weighted by Crippen LogP contribution is -2.59. The summed E-state index contributed by atoms with van der Waals surface area (Å²) >= 11 is 0. The van der Waals surface area contributed by atoms with Crippen LogP contribution in [0.4, 0.5) is 5.69 Å². The van der Waals surface area contributed by atoms with E-state index in [1.165, 1.54) is 11.4 Å². The van der Waals surface area contributed by atoms with Crippen LogP contribution in [0.2, 0.25) is 0 Å². The molecule has 0 saturated carbocycles. The third kappa shape index (κ3) is 4.39. The zero-order valence-electron chi connectivity index (χ0n) is 25.9. The number of benzene rings is 4. The number of carbonyl (C=O) groups is 1. The Morgan fingerprint density at radius 3 is 2.24 bits per heavy atom. The number of hydrogen-bond acceptors (Lipinski definition) is 7. The fourth-order valence-corrected chi connectivity index (χ4v) is 8.44. The van der Waals surface area contributed by atoms with Crippen molar-refractivity contribution >= 4 is 21.7 Å². The van der Waals surface area contributed by atoms with Crippen LogP contribution in [0.5, 0.6) is 11.6 Å². The van der Waals surface area contributed by atoms with E-state index in [9.17, 15) is 13.2 Å². The van der Waals surface area contributed by atoms with Crippen LogP contribution in [-0.2, 0) is 19.6 Å². The van der Waals surface area contributed by atoms with Gasteiger partial charge in [0.1, 0.15) is 17.3 Å². The number of ether oxygens (including phenoxy) is 3. The molecule has 0 saturated heterocycles. The average Bonchev–Trinajstić information content (AvgIpc) is 3.42. The summed E-state index contributed by atoms with van der Waals surface area (Å²) in [7, 11) is -1.23. The standard InChI is InChI=1S/C36H33N3O6S/c1-23-14-20-28(21-15-23)46(41,42)38-22-36(35(40)44-4)32(29-12-8-9-13-30(29)38)31-24(2)37-39(26-10-6-5-7-11-26)34(31)45-33(36)25-16-18-27(43-3)19-17-25/h5-21,32-33H,22H2,1-4H3/t32-,33-,36+/m0/s1. The minimum atomic E-state index is -4.14. The lowest BCUT2D eigenvalue weighted by atomic mass is 9.60. The van der Waals surface area contributed by atoms with Crippen molar-refractivity contribution in [1.29, 1.82) is 0 Å². The highest BCUT2D eigenvalue weighted by molar-refractivity contribution is 7.92. The monoisotopic (exact) mass is 635 g/mol. The van der Waals surface area contributed by atoms with E-state index in [1.807, 2.05) is 74.5 Å². The molecule has 10 heteroatoms. The highest BCUT2D eigenvalue weighted by Crippen LogP contribution is 2.63. The summed E-state index contributed by atoms with van der Waals surface area (Å²) < 4.78 is 50.1. The Kier molecular flexibility index (Phi) is 7.12. The van der Waals surface area contributed by atoms with Crippen LogP contribution in [0.1, 0.15) is 40.0 Å². The summed E-state index contributed by atoms with van der Waals surface area (Å²) in [6, 6.07) is 31.0. The molecule has 3 heterocycles. The zero-order chi connectivity index (χ0) is 32.2. The van der Waals surface area contributed by atoms with Crippen molar-refractivity contribution in [3.8, 4) is 17.3 Å². The van der Waals surface area contributed by atoms with Gasteiger partial charge in [-0.2, -0.15) is 5.10 Å². The smallest absolute Gasteiger partial charge is 0.318 e. The fraction of sp³-hybridized carbons (Fsp3) is 0.222. The Bertz CT molecular complexity index is 2040. The summed E-state index contributed by atoms with van der Waals surface area (Å²) in [5, 5.41) is 4.91. The van der Waals surface area contributed by atoms with E-state index in [-0.39, 0.29) is 11.4 Å². The van der Waals surface area contributed by atoms with Crippen LogP contribution in [0, 0.1) is 19.3 Å².